The molecule has 2 aliphatic heterocycles. The van der Waals surface area contributed by atoms with Gasteiger partial charge in [0.05, 0.1) is 52.7 Å². The lowest BCUT2D eigenvalue weighted by Crippen LogP contribution is -2.49. The van der Waals surface area contributed by atoms with E-state index in [1.54, 1.807) is 37.6 Å². The Bertz CT molecular complexity index is 2880. The van der Waals surface area contributed by atoms with Crippen molar-refractivity contribution in [1.82, 2.24) is 44.4 Å². The van der Waals surface area contributed by atoms with Crippen molar-refractivity contribution in [2.45, 2.75) is 57.0 Å². The van der Waals surface area contributed by atoms with E-state index in [-0.39, 0.29) is 55.3 Å². The van der Waals surface area contributed by atoms with Crippen molar-refractivity contribution in [3.63, 3.8) is 0 Å². The molecule has 19 heteroatoms. The minimum absolute atomic E-state index is 0.0462. The van der Waals surface area contributed by atoms with Gasteiger partial charge in [-0.3, -0.25) is 43.3 Å². The summed E-state index contributed by atoms with van der Waals surface area (Å²) in [5.41, 5.74) is 3.06. The summed E-state index contributed by atoms with van der Waals surface area (Å²) in [5.74, 6) is -7.35. The monoisotopic (exact) mass is 864 g/mol. The van der Waals surface area contributed by atoms with E-state index in [1.165, 1.54) is 9.13 Å². The Balaban J connectivity index is 0.787. The summed E-state index contributed by atoms with van der Waals surface area (Å²) in [6.45, 7) is 2.30. The third-order valence-electron chi connectivity index (χ3n) is 12.6. The summed E-state index contributed by atoms with van der Waals surface area (Å²) in [5, 5.41) is 20.0. The molecule has 3 aromatic heterocycles. The number of aromatic hydroxyl groups is 1. The number of hydrogen-bond donors (Lipinski definition) is 3. The molecule has 1 aliphatic carbocycles. The lowest BCUT2D eigenvalue weighted by molar-refractivity contribution is -0.136. The summed E-state index contributed by atoms with van der Waals surface area (Å²) in [6.07, 6.45) is 9.02. The number of phenols is 1. The van der Waals surface area contributed by atoms with Crippen LogP contribution in [0.2, 0.25) is 0 Å². The van der Waals surface area contributed by atoms with Crippen molar-refractivity contribution < 1.29 is 37.5 Å². The van der Waals surface area contributed by atoms with Gasteiger partial charge in [0, 0.05) is 63.3 Å². The van der Waals surface area contributed by atoms with E-state index in [4.69, 9.17) is 10.1 Å². The van der Waals surface area contributed by atoms with Crippen molar-refractivity contribution in [2.24, 2.45) is 13.0 Å². The molecule has 326 valence electrons. The number of amides is 4. The summed E-state index contributed by atoms with van der Waals surface area (Å²) < 4.78 is 46.5. The normalized spacial score (nSPS) is 19.5. The van der Waals surface area contributed by atoms with Crippen LogP contribution in [0.4, 0.5) is 19.0 Å². The lowest BCUT2D eigenvalue weighted by Gasteiger charge is -2.35. The average molecular weight is 865 g/mol. The fourth-order valence-corrected chi connectivity index (χ4v) is 8.95. The first-order chi connectivity index (χ1) is 30.3. The first-order valence-electron chi connectivity index (χ1n) is 20.8. The van der Waals surface area contributed by atoms with Gasteiger partial charge in [-0.25, -0.2) is 18.6 Å². The molecular weight excluding hydrogens is 822 g/mol. The molecule has 9 rings (SSSR count). The molecule has 0 bridgehead atoms. The highest BCUT2D eigenvalue weighted by Crippen LogP contribution is 2.34. The molecule has 3 fully saturated rings. The molecule has 0 spiro atoms. The molecule has 16 nitrogen and oxygen atoms in total. The highest BCUT2D eigenvalue weighted by Gasteiger charge is 2.32. The van der Waals surface area contributed by atoms with Crippen molar-refractivity contribution in [1.29, 1.82) is 0 Å². The predicted octanol–water partition coefficient (Wildman–Crippen LogP) is 4.30. The second-order valence-corrected chi connectivity index (χ2v) is 16.5. The average Bonchev–Trinajstić information content (AvgIpc) is 3.83. The molecule has 4 amide bonds. The van der Waals surface area contributed by atoms with Gasteiger partial charge in [-0.15, -0.1) is 0 Å². The Labute approximate surface area is 357 Å². The quantitative estimate of drug-likeness (QED) is 0.140. The van der Waals surface area contributed by atoms with Gasteiger partial charge in [0.15, 0.2) is 17.4 Å². The van der Waals surface area contributed by atoms with E-state index in [0.717, 1.165) is 47.7 Å². The standard InChI is InChI=1S/C44H43F3N10O6/c1-53-35-16-25(4-9-33(35)57(44(53)63)34-10-11-37(58)51-43(34)62)17-38(59)55-14-12-54(13-15-55)36-22-48-21-32(50-36)26-5-6-27-23-56(52-31(27)18-26)28-7-2-24(3-8-28)20-49-42(61)29-19-30(45)41(60)40(47)39(29)46/h4-6,9,16,18-19,21-24,28,34,60H,2-3,7-8,10-15,17,20H2,1H3,(H,49,61)(H,51,58,62)/t24-,28-,34?. The number of imidazole rings is 1. The zero-order valence-electron chi connectivity index (χ0n) is 34.2. The molecule has 1 unspecified atom stereocenters. The zero-order valence-corrected chi connectivity index (χ0v) is 34.2. The van der Waals surface area contributed by atoms with Crippen molar-refractivity contribution in [2.75, 3.05) is 37.6 Å². The third-order valence-corrected chi connectivity index (χ3v) is 12.6. The Morgan fingerprint density at radius 2 is 1.68 bits per heavy atom. The maximum Gasteiger partial charge on any atom is 0.329 e. The molecule has 1 saturated carbocycles. The molecule has 63 heavy (non-hydrogen) atoms. The lowest BCUT2D eigenvalue weighted by atomic mass is 9.86. The molecule has 6 aromatic rings. The minimum Gasteiger partial charge on any atom is -0.503 e. The molecule has 5 heterocycles. The summed E-state index contributed by atoms with van der Waals surface area (Å²) in [4.78, 5) is 76.7. The number of aromatic nitrogens is 6. The van der Waals surface area contributed by atoms with E-state index >= 15 is 0 Å². The van der Waals surface area contributed by atoms with Crippen LogP contribution < -0.4 is 21.2 Å². The number of hydrogen-bond acceptors (Lipinski definition) is 10. The fourth-order valence-electron chi connectivity index (χ4n) is 8.95. The predicted molar refractivity (Wildman–Crippen MR) is 223 cm³/mol. The van der Waals surface area contributed by atoms with Crippen molar-refractivity contribution in [3.8, 4) is 17.0 Å². The highest BCUT2D eigenvalue weighted by atomic mass is 19.2. The number of nitrogens with one attached hydrogen (secondary N) is 2. The van der Waals surface area contributed by atoms with Gasteiger partial charge in [-0.1, -0.05) is 18.2 Å². The van der Waals surface area contributed by atoms with Gasteiger partial charge in [0.2, 0.25) is 23.5 Å². The smallest absolute Gasteiger partial charge is 0.329 e. The van der Waals surface area contributed by atoms with Crippen LogP contribution in [0.5, 0.6) is 5.75 Å². The number of carbonyl (C=O) groups excluding carboxylic acids is 4. The van der Waals surface area contributed by atoms with E-state index in [1.807, 2.05) is 34.0 Å². The van der Waals surface area contributed by atoms with Crippen LogP contribution in [0.1, 0.15) is 66.5 Å². The van der Waals surface area contributed by atoms with Gasteiger partial charge < -0.3 is 20.2 Å². The Kier molecular flexibility index (Phi) is 10.9. The summed E-state index contributed by atoms with van der Waals surface area (Å²) in [6, 6.07) is 11.1. The molecular formula is C44H43F3N10O6. The van der Waals surface area contributed by atoms with E-state index < -0.39 is 46.6 Å². The van der Waals surface area contributed by atoms with Gasteiger partial charge in [0.1, 0.15) is 11.9 Å². The van der Waals surface area contributed by atoms with Gasteiger partial charge in [-0.2, -0.15) is 9.49 Å². The largest absolute Gasteiger partial charge is 0.503 e. The van der Waals surface area contributed by atoms with Crippen LogP contribution in [0.15, 0.2) is 65.8 Å². The van der Waals surface area contributed by atoms with Crippen molar-refractivity contribution >= 4 is 51.4 Å². The number of benzene rings is 3. The van der Waals surface area contributed by atoms with E-state index in [9.17, 15) is 42.3 Å². The molecule has 0 radical (unpaired) electrons. The first kappa shape index (κ1) is 41.3. The van der Waals surface area contributed by atoms with Crippen molar-refractivity contribution in [3.05, 3.63) is 100 Å². The number of aryl methyl sites for hydroxylation is 1. The minimum atomic E-state index is -1.80. The van der Waals surface area contributed by atoms with Crippen LogP contribution in [0.3, 0.4) is 0 Å². The molecule has 3 aliphatic rings. The summed E-state index contributed by atoms with van der Waals surface area (Å²) >= 11 is 0. The molecule has 1 atom stereocenters. The van der Waals surface area contributed by atoms with Crippen LogP contribution >= 0.6 is 0 Å². The topological polar surface area (TPSA) is 190 Å². The number of fused-ring (bicyclic) bond motifs is 2. The number of carbonyl (C=O) groups is 4. The second kappa shape index (κ2) is 16.7. The molecule has 3 aromatic carbocycles. The number of phenolic OH excluding ortho intramolecular Hbond substituents is 1. The molecule has 3 N–H and O–H groups in total. The number of piperidine rings is 1. The maximum atomic E-state index is 14.2. The number of piperazine rings is 1. The number of anilines is 1. The van der Waals surface area contributed by atoms with Gasteiger partial charge in [-0.05, 0) is 67.9 Å². The third kappa shape index (κ3) is 7.98. The SMILES string of the molecule is Cn1c(=O)n(C2CCC(=O)NC2=O)c2ccc(CC(=O)N3CCN(c4cncc(-c5ccc6cn([C@H]7CC[C@H](CNC(=O)c8cc(F)c(O)c(F)c8F)CC7)nc6c5)n4)CC3)cc21. The maximum absolute atomic E-state index is 14.2. The number of nitrogens with zero attached hydrogens (tertiary/aromatic N) is 8. The Hall–Kier alpha value is -7.05. The number of imide groups is 1. The van der Waals surface area contributed by atoms with Crippen LogP contribution in [0, 0.1) is 23.4 Å². The van der Waals surface area contributed by atoms with Crippen LogP contribution in [0.25, 0.3) is 33.2 Å². The van der Waals surface area contributed by atoms with E-state index in [0.29, 0.717) is 54.8 Å². The van der Waals surface area contributed by atoms with Gasteiger partial charge in [0.25, 0.3) is 5.91 Å². The van der Waals surface area contributed by atoms with Crippen LogP contribution in [-0.2, 0) is 27.9 Å². The Morgan fingerprint density at radius 1 is 0.905 bits per heavy atom. The highest BCUT2D eigenvalue weighted by molar-refractivity contribution is 6.00. The number of rotatable bonds is 9. The fraction of sp³-hybridized carbons (Fsp3) is 0.364. The Morgan fingerprint density at radius 3 is 2.44 bits per heavy atom. The number of halogens is 3. The molecule has 2 saturated heterocycles. The first-order valence-corrected chi connectivity index (χ1v) is 20.8. The van der Waals surface area contributed by atoms with Gasteiger partial charge >= 0.3 is 5.69 Å². The second-order valence-electron chi connectivity index (χ2n) is 16.5. The van der Waals surface area contributed by atoms with E-state index in [2.05, 4.69) is 20.5 Å². The zero-order chi connectivity index (χ0) is 44.1. The summed E-state index contributed by atoms with van der Waals surface area (Å²) in [7, 11) is 1.62. The van der Waals surface area contributed by atoms with Crippen LogP contribution in [-0.4, -0.2) is 95.2 Å².